The molecule has 0 amide bonds. The van der Waals surface area contributed by atoms with Crippen molar-refractivity contribution in [2.24, 2.45) is 0 Å². The molecule has 0 fully saturated rings. The number of benzene rings is 9. The summed E-state index contributed by atoms with van der Waals surface area (Å²) in [5, 5.41) is 9.43. The molecule has 9 aromatic carbocycles. The lowest BCUT2D eigenvalue weighted by Crippen LogP contribution is -2.38. The van der Waals surface area contributed by atoms with Gasteiger partial charge in [0.15, 0.2) is 33.5 Å². The first-order valence-corrected chi connectivity index (χ1v) is 22.0. The molecule has 7 nitrogen and oxygen atoms in total. The van der Waals surface area contributed by atoms with Gasteiger partial charge in [0.05, 0.1) is 5.75 Å². The van der Waals surface area contributed by atoms with Crippen LogP contribution in [0.2, 0.25) is 0 Å². The minimum atomic E-state index is -3.58. The fraction of sp³-hybridized carbons (Fsp3) is 0. The molecule has 2 heterocycles. The summed E-state index contributed by atoms with van der Waals surface area (Å²) in [4.78, 5) is 11.5. The van der Waals surface area contributed by atoms with Crippen LogP contribution in [-0.4, -0.2) is 9.17 Å². The number of fused-ring (bicyclic) bond motifs is 7. The molecule has 0 bridgehead atoms. The molecule has 9 heteroatoms. The van der Waals surface area contributed by atoms with Crippen molar-refractivity contribution in [2.75, 3.05) is 0 Å². The summed E-state index contributed by atoms with van der Waals surface area (Å²) < 4.78 is 41.2. The van der Waals surface area contributed by atoms with Gasteiger partial charge in [-0.15, -0.1) is 0 Å². The molecule has 0 saturated carbocycles. The molecule has 59 heavy (non-hydrogen) atoms. The van der Waals surface area contributed by atoms with Crippen LogP contribution in [-0.2, 0) is 4.46 Å². The number of hydrogen-bond acceptors (Lipinski definition) is 7. The van der Waals surface area contributed by atoms with E-state index in [9.17, 15) is 9.26 Å². The summed E-state index contributed by atoms with van der Waals surface area (Å²) >= 11 is 0. The molecule has 2 aromatic heterocycles. The van der Waals surface area contributed by atoms with Gasteiger partial charge in [-0.2, -0.15) is 0 Å². The van der Waals surface area contributed by atoms with Crippen LogP contribution in [0.25, 0.3) is 66.2 Å². The topological polar surface area (TPSA) is 102 Å². The molecular weight excluding hydrogens is 772 g/mol. The highest BCUT2D eigenvalue weighted by Gasteiger charge is 2.47. The van der Waals surface area contributed by atoms with Gasteiger partial charge in [0.25, 0.3) is 0 Å². The Balaban J connectivity index is 0.000000150. The molecule has 0 aliphatic carbocycles. The zero-order valence-electron chi connectivity index (χ0n) is 31.4. The fourth-order valence-corrected chi connectivity index (χ4v) is 12.4. The maximum Gasteiger partial charge on any atom is 0.418 e. The smallest absolute Gasteiger partial charge is 0.418 e. The lowest BCUT2D eigenvalue weighted by atomic mass is 10.1. The summed E-state index contributed by atoms with van der Waals surface area (Å²) in [7, 11) is -5.48. The zero-order chi connectivity index (χ0) is 39.8. The van der Waals surface area contributed by atoms with Crippen LogP contribution >= 0.6 is 7.26 Å². The van der Waals surface area contributed by atoms with Gasteiger partial charge in [-0.25, -0.2) is 0 Å². The van der Waals surface area contributed by atoms with E-state index >= 15 is 0 Å². The third-order valence-electron chi connectivity index (χ3n) is 10.4. The molecule has 0 unspecified atom stereocenters. The maximum absolute atomic E-state index is 11.5. The van der Waals surface area contributed by atoms with Gasteiger partial charge < -0.3 is 31.4 Å². The lowest BCUT2D eigenvalue weighted by Gasteiger charge is -2.27. The van der Waals surface area contributed by atoms with E-state index < -0.39 is 16.4 Å². The second-order valence-corrected chi connectivity index (χ2v) is 18.0. The van der Waals surface area contributed by atoms with Crippen molar-refractivity contribution in [1.82, 2.24) is 0 Å². The summed E-state index contributed by atoms with van der Waals surface area (Å²) in [5.74, 6) is -0.0423. The average Bonchev–Trinajstić information content (AvgIpc) is 3.28. The summed E-state index contributed by atoms with van der Waals surface area (Å²) in [5.41, 5.74) is 2.71. The van der Waals surface area contributed by atoms with Crippen molar-refractivity contribution in [3.05, 3.63) is 200 Å². The molecule has 11 aromatic rings. The van der Waals surface area contributed by atoms with Gasteiger partial charge in [0, 0.05) is 6.07 Å². The monoisotopic (exact) mass is 804 g/mol. The van der Waals surface area contributed by atoms with Crippen LogP contribution in [0, 0.1) is 0 Å². The normalized spacial score (nSPS) is 11.5. The standard InChI is InChI=1S/C26H13O7Si.C24H20P/c27-34(28)33-23-13-22-24(30-19-10-15-6-2-1-5-14(15)9-18(19)29-22)26-25(23)31-20-11-16-7-3-4-8-17(16)12-21(20)32-26;1-5-13-21(14-6-1)25(22-15-7-2-8-16-22,23-17-9-3-10-18-23)24-19-11-4-12-20-24/h1-13H;1-20H/q-1;+1. The first kappa shape index (κ1) is 36.1. The lowest BCUT2D eigenvalue weighted by molar-refractivity contribution is -0.220. The van der Waals surface area contributed by atoms with Crippen LogP contribution in [0.5, 0.6) is 5.75 Å². The summed E-state index contributed by atoms with van der Waals surface area (Å²) in [6.45, 7) is 0. The Morgan fingerprint density at radius 1 is 0.373 bits per heavy atom. The van der Waals surface area contributed by atoms with Crippen LogP contribution in [0.15, 0.2) is 218 Å². The van der Waals surface area contributed by atoms with Crippen molar-refractivity contribution in [2.45, 2.75) is 0 Å². The molecule has 284 valence electrons. The predicted molar refractivity (Wildman–Crippen MR) is 236 cm³/mol. The van der Waals surface area contributed by atoms with E-state index in [4.69, 9.17) is 22.1 Å². The van der Waals surface area contributed by atoms with Gasteiger partial charge >= 0.3 is 9.17 Å². The SMILES string of the molecule is O=[Si]([O-])Oc1cc2oc3cc4ccccc4cc3oc2c2oc3cc4ccccc4cc3oc12.c1ccc([P+](c2ccccc2)(c2ccccc2)c2ccccc2)cc1. The molecule has 11 rings (SSSR count). The Kier molecular flexibility index (Phi) is 9.33. The van der Waals surface area contributed by atoms with Gasteiger partial charge in [0.2, 0.25) is 11.2 Å². The van der Waals surface area contributed by atoms with Crippen LogP contribution in [0.3, 0.4) is 0 Å². The molecular formula is C50H33O7PSi. The Hall–Kier alpha value is -7.25. The van der Waals surface area contributed by atoms with Crippen LogP contribution < -0.4 is 30.4 Å². The minimum absolute atomic E-state index is 0.0423. The van der Waals surface area contributed by atoms with E-state index in [0.717, 1.165) is 21.5 Å². The first-order chi connectivity index (χ1) is 29.0. The van der Waals surface area contributed by atoms with E-state index in [0.29, 0.717) is 22.3 Å². The van der Waals surface area contributed by atoms with Crippen LogP contribution in [0.1, 0.15) is 0 Å². The highest BCUT2D eigenvalue weighted by molar-refractivity contribution is 8.01. The highest BCUT2D eigenvalue weighted by atomic mass is 31.2. The third kappa shape index (κ3) is 6.64. The predicted octanol–water partition coefficient (Wildman–Crippen LogP) is 10.6. The largest absolute Gasteiger partial charge is 0.551 e. The van der Waals surface area contributed by atoms with Gasteiger partial charge in [-0.1, -0.05) is 121 Å². The third-order valence-corrected chi connectivity index (χ3v) is 15.0. The quantitative estimate of drug-likeness (QED) is 0.0714. The number of rotatable bonds is 6. The Bertz CT molecular complexity index is 3170. The number of hydrogen-bond donors (Lipinski definition) is 0. The zero-order valence-corrected chi connectivity index (χ0v) is 33.3. The molecule has 0 radical (unpaired) electrons. The second kappa shape index (κ2) is 15.3. The van der Waals surface area contributed by atoms with Gasteiger partial charge in [-0.05, 0) is 94.3 Å². The Morgan fingerprint density at radius 2 is 0.695 bits per heavy atom. The van der Waals surface area contributed by atoms with E-state index in [-0.39, 0.29) is 28.1 Å². The fourth-order valence-electron chi connectivity index (χ4n) is 7.77. The second-order valence-electron chi connectivity index (χ2n) is 13.9. The molecule has 0 saturated heterocycles. The van der Waals surface area contributed by atoms with E-state index in [1.807, 2.05) is 72.8 Å². The summed E-state index contributed by atoms with van der Waals surface area (Å²) in [6.07, 6.45) is 0. The van der Waals surface area contributed by atoms with E-state index in [1.54, 1.807) is 0 Å². The van der Waals surface area contributed by atoms with Crippen molar-refractivity contribution >= 4 is 104 Å². The molecule has 0 aliphatic heterocycles. The van der Waals surface area contributed by atoms with Crippen LogP contribution in [0.4, 0.5) is 0 Å². The van der Waals surface area contributed by atoms with Crippen molar-refractivity contribution in [3.63, 3.8) is 0 Å². The molecule has 0 spiro atoms. The van der Waals surface area contributed by atoms with Gasteiger partial charge in [-0.3, -0.25) is 0 Å². The minimum Gasteiger partial charge on any atom is -0.551 e. The Labute approximate surface area is 339 Å². The highest BCUT2D eigenvalue weighted by Crippen LogP contribution is 2.54. The molecule has 0 aliphatic rings. The van der Waals surface area contributed by atoms with Gasteiger partial charge in [0.1, 0.15) is 28.5 Å². The average molecular weight is 805 g/mol. The first-order valence-electron chi connectivity index (χ1n) is 19.0. The van der Waals surface area contributed by atoms with Crippen molar-refractivity contribution < 1.29 is 31.4 Å². The maximum atomic E-state index is 11.5. The molecule has 0 N–H and O–H groups in total. The van der Waals surface area contributed by atoms with E-state index in [1.165, 1.54) is 27.3 Å². The Morgan fingerprint density at radius 3 is 1.07 bits per heavy atom. The van der Waals surface area contributed by atoms with Crippen molar-refractivity contribution in [3.8, 4) is 5.75 Å². The summed E-state index contributed by atoms with van der Waals surface area (Å²) in [6, 6.07) is 68.3. The van der Waals surface area contributed by atoms with Crippen molar-refractivity contribution in [1.29, 1.82) is 0 Å². The van der Waals surface area contributed by atoms with E-state index in [2.05, 4.69) is 121 Å². The molecule has 0 atom stereocenters.